The lowest BCUT2D eigenvalue weighted by Crippen LogP contribution is -2.25. The van der Waals surface area contributed by atoms with Crippen molar-refractivity contribution in [2.24, 2.45) is 0 Å². The number of nitrogens with zero attached hydrogens (tertiary/aromatic N) is 2. The van der Waals surface area contributed by atoms with Gasteiger partial charge in [-0.2, -0.15) is 0 Å². The number of fused-ring (bicyclic) bond motifs is 1. The number of pyridine rings is 1. The fraction of sp³-hybridized carbons (Fsp3) is 0.200. The third kappa shape index (κ3) is 2.18. The summed E-state index contributed by atoms with van der Waals surface area (Å²) in [5.74, 6) is 3.24. The zero-order chi connectivity index (χ0) is 13.0. The highest BCUT2D eigenvalue weighted by Gasteiger charge is 2.11. The SMILES string of the molecule is C#CCN(CC)c1nc2ccccc2cc1C=O. The third-order valence-electron chi connectivity index (χ3n) is 2.82. The minimum atomic E-state index is 0.447. The van der Waals surface area contributed by atoms with Crippen LogP contribution in [0, 0.1) is 12.3 Å². The number of carbonyl (C=O) groups is 1. The zero-order valence-corrected chi connectivity index (χ0v) is 10.3. The summed E-state index contributed by atoms with van der Waals surface area (Å²) >= 11 is 0. The lowest BCUT2D eigenvalue weighted by Gasteiger charge is -2.21. The molecule has 0 aliphatic rings. The minimum absolute atomic E-state index is 0.447. The molecule has 90 valence electrons. The number of anilines is 1. The van der Waals surface area contributed by atoms with Crippen LogP contribution >= 0.6 is 0 Å². The molecule has 3 heteroatoms. The summed E-state index contributed by atoms with van der Waals surface area (Å²) in [6, 6.07) is 9.58. The number of carbonyl (C=O) groups excluding carboxylic acids is 1. The molecule has 0 saturated heterocycles. The molecule has 0 amide bonds. The number of aromatic nitrogens is 1. The van der Waals surface area contributed by atoms with E-state index in [1.165, 1.54) is 0 Å². The molecule has 18 heavy (non-hydrogen) atoms. The first-order valence-corrected chi connectivity index (χ1v) is 5.83. The van der Waals surface area contributed by atoms with Crippen LogP contribution in [-0.4, -0.2) is 24.4 Å². The van der Waals surface area contributed by atoms with Gasteiger partial charge in [-0.3, -0.25) is 4.79 Å². The van der Waals surface area contributed by atoms with Crippen molar-refractivity contribution >= 4 is 23.0 Å². The monoisotopic (exact) mass is 238 g/mol. The van der Waals surface area contributed by atoms with E-state index in [4.69, 9.17) is 6.42 Å². The van der Waals surface area contributed by atoms with Crippen LogP contribution in [-0.2, 0) is 0 Å². The first-order valence-electron chi connectivity index (χ1n) is 5.83. The van der Waals surface area contributed by atoms with Gasteiger partial charge in [-0.25, -0.2) is 4.98 Å². The van der Waals surface area contributed by atoms with Gasteiger partial charge in [0.2, 0.25) is 0 Å². The van der Waals surface area contributed by atoms with Gasteiger partial charge in [0.25, 0.3) is 0 Å². The molecule has 1 aromatic heterocycles. The normalized spacial score (nSPS) is 10.0. The summed E-state index contributed by atoms with van der Waals surface area (Å²) in [5, 5.41) is 0.958. The predicted molar refractivity (Wildman–Crippen MR) is 73.9 cm³/mol. The molecule has 0 saturated carbocycles. The van der Waals surface area contributed by atoms with E-state index in [9.17, 15) is 4.79 Å². The van der Waals surface area contributed by atoms with Crippen LogP contribution in [0.15, 0.2) is 30.3 Å². The van der Waals surface area contributed by atoms with E-state index < -0.39 is 0 Å². The molecule has 0 aliphatic carbocycles. The number of terminal acetylenes is 1. The molecule has 0 spiro atoms. The van der Waals surface area contributed by atoms with Crippen molar-refractivity contribution in [3.05, 3.63) is 35.9 Å². The molecule has 3 nitrogen and oxygen atoms in total. The summed E-state index contributed by atoms with van der Waals surface area (Å²) in [5.41, 5.74) is 1.44. The smallest absolute Gasteiger partial charge is 0.153 e. The Morgan fingerprint density at radius 3 is 2.89 bits per heavy atom. The van der Waals surface area contributed by atoms with Crippen molar-refractivity contribution in [3.63, 3.8) is 0 Å². The summed E-state index contributed by atoms with van der Waals surface area (Å²) in [7, 11) is 0. The van der Waals surface area contributed by atoms with Gasteiger partial charge < -0.3 is 4.90 Å². The summed E-state index contributed by atoms with van der Waals surface area (Å²) < 4.78 is 0. The molecular formula is C15H14N2O. The Hall–Kier alpha value is -2.34. The number of rotatable bonds is 4. The second-order valence-electron chi connectivity index (χ2n) is 3.93. The summed E-state index contributed by atoms with van der Waals surface area (Å²) in [4.78, 5) is 17.6. The minimum Gasteiger partial charge on any atom is -0.345 e. The molecule has 0 radical (unpaired) electrons. The average Bonchev–Trinajstić information content (AvgIpc) is 2.43. The third-order valence-corrected chi connectivity index (χ3v) is 2.82. The van der Waals surface area contributed by atoms with Crippen LogP contribution in [0.1, 0.15) is 17.3 Å². The van der Waals surface area contributed by atoms with E-state index in [-0.39, 0.29) is 0 Å². The zero-order valence-electron chi connectivity index (χ0n) is 10.3. The van der Waals surface area contributed by atoms with Crippen LogP contribution in [0.25, 0.3) is 10.9 Å². The van der Waals surface area contributed by atoms with Gasteiger partial charge in [0.15, 0.2) is 6.29 Å². The maximum Gasteiger partial charge on any atom is 0.153 e. The molecule has 1 heterocycles. The van der Waals surface area contributed by atoms with Gasteiger partial charge in [-0.1, -0.05) is 24.1 Å². The van der Waals surface area contributed by atoms with E-state index in [0.717, 1.165) is 23.7 Å². The van der Waals surface area contributed by atoms with Crippen LogP contribution in [0.4, 0.5) is 5.82 Å². The first-order chi connectivity index (χ1) is 8.80. The van der Waals surface area contributed by atoms with E-state index in [1.807, 2.05) is 42.2 Å². The number of para-hydroxylation sites is 1. The average molecular weight is 238 g/mol. The Balaban J connectivity index is 2.61. The lowest BCUT2D eigenvalue weighted by molar-refractivity contribution is 0.112. The Kier molecular flexibility index (Phi) is 3.59. The number of hydrogen-bond acceptors (Lipinski definition) is 3. The molecule has 0 bridgehead atoms. The van der Waals surface area contributed by atoms with Gasteiger partial charge in [-0.05, 0) is 19.1 Å². The second kappa shape index (κ2) is 5.33. The molecule has 2 rings (SSSR count). The van der Waals surface area contributed by atoms with Gasteiger partial charge in [-0.15, -0.1) is 6.42 Å². The van der Waals surface area contributed by atoms with E-state index >= 15 is 0 Å². The quantitative estimate of drug-likeness (QED) is 0.606. The molecule has 0 fully saturated rings. The van der Waals surface area contributed by atoms with Crippen molar-refractivity contribution in [1.82, 2.24) is 4.98 Å². The van der Waals surface area contributed by atoms with E-state index in [0.29, 0.717) is 17.9 Å². The summed E-state index contributed by atoms with van der Waals surface area (Å²) in [6.45, 7) is 3.15. The largest absolute Gasteiger partial charge is 0.345 e. The number of hydrogen-bond donors (Lipinski definition) is 0. The number of benzene rings is 1. The van der Waals surface area contributed by atoms with Gasteiger partial charge >= 0.3 is 0 Å². The molecule has 0 aliphatic heterocycles. The Morgan fingerprint density at radius 1 is 1.44 bits per heavy atom. The van der Waals surface area contributed by atoms with Gasteiger partial charge in [0.05, 0.1) is 17.6 Å². The van der Waals surface area contributed by atoms with E-state index in [1.54, 1.807) is 0 Å². The van der Waals surface area contributed by atoms with Crippen LogP contribution in [0.5, 0.6) is 0 Å². The standard InChI is InChI=1S/C15H14N2O/c1-3-9-17(4-2)15-13(11-18)10-12-7-5-6-8-14(12)16-15/h1,5-8,10-11H,4,9H2,2H3. The fourth-order valence-corrected chi connectivity index (χ4v) is 1.91. The van der Waals surface area contributed by atoms with Crippen molar-refractivity contribution in [2.45, 2.75) is 6.92 Å². The van der Waals surface area contributed by atoms with Gasteiger partial charge in [0, 0.05) is 11.9 Å². The molecule has 1 aromatic carbocycles. The fourth-order valence-electron chi connectivity index (χ4n) is 1.91. The van der Waals surface area contributed by atoms with Crippen LogP contribution < -0.4 is 4.90 Å². The van der Waals surface area contributed by atoms with E-state index in [2.05, 4.69) is 10.9 Å². The van der Waals surface area contributed by atoms with Crippen molar-refractivity contribution in [2.75, 3.05) is 18.0 Å². The molecule has 0 N–H and O–H groups in total. The topological polar surface area (TPSA) is 33.2 Å². The maximum atomic E-state index is 11.2. The van der Waals surface area contributed by atoms with Crippen LogP contribution in [0.3, 0.4) is 0 Å². The Morgan fingerprint density at radius 2 is 2.22 bits per heavy atom. The Labute approximate surface area is 106 Å². The van der Waals surface area contributed by atoms with Crippen molar-refractivity contribution in [3.8, 4) is 12.3 Å². The second-order valence-corrected chi connectivity index (χ2v) is 3.93. The highest BCUT2D eigenvalue weighted by atomic mass is 16.1. The molecular weight excluding hydrogens is 224 g/mol. The molecule has 0 atom stereocenters. The summed E-state index contributed by atoms with van der Waals surface area (Å²) in [6.07, 6.45) is 6.17. The highest BCUT2D eigenvalue weighted by molar-refractivity contribution is 5.91. The highest BCUT2D eigenvalue weighted by Crippen LogP contribution is 2.22. The maximum absolute atomic E-state index is 11.2. The predicted octanol–water partition coefficient (Wildman–Crippen LogP) is 2.51. The molecule has 0 unspecified atom stereocenters. The lowest BCUT2D eigenvalue weighted by atomic mass is 10.1. The Bertz CT molecular complexity index is 613. The molecule has 2 aromatic rings. The van der Waals surface area contributed by atoms with Crippen molar-refractivity contribution in [1.29, 1.82) is 0 Å². The van der Waals surface area contributed by atoms with Crippen LogP contribution in [0.2, 0.25) is 0 Å². The van der Waals surface area contributed by atoms with Crippen molar-refractivity contribution < 1.29 is 4.79 Å². The number of aldehydes is 1. The first kappa shape index (κ1) is 12.1. The van der Waals surface area contributed by atoms with Gasteiger partial charge in [0.1, 0.15) is 5.82 Å².